The molecule has 1 aromatic heterocycles. The lowest BCUT2D eigenvalue weighted by molar-refractivity contribution is 0.0994. The van der Waals surface area contributed by atoms with E-state index < -0.39 is 0 Å². The first-order valence-electron chi connectivity index (χ1n) is 8.34. The molecular weight excluding hydrogens is 326 g/mol. The van der Waals surface area contributed by atoms with Gasteiger partial charge in [-0.05, 0) is 24.3 Å². The van der Waals surface area contributed by atoms with Crippen LogP contribution in [-0.2, 0) is 0 Å². The van der Waals surface area contributed by atoms with Gasteiger partial charge in [0.1, 0.15) is 5.69 Å². The van der Waals surface area contributed by atoms with Gasteiger partial charge in [0.2, 0.25) is 5.95 Å². The molecule has 1 aliphatic heterocycles. The molecule has 0 saturated carbocycles. The van der Waals surface area contributed by atoms with Crippen LogP contribution < -0.4 is 14.7 Å². The molecule has 130 valence electrons. The molecule has 6 nitrogen and oxygen atoms in total. The maximum Gasteiger partial charge on any atom is 0.260 e. The van der Waals surface area contributed by atoms with Crippen molar-refractivity contribution in [3.8, 4) is 0 Å². The molecule has 4 rings (SSSR count). The van der Waals surface area contributed by atoms with Gasteiger partial charge in [-0.25, -0.2) is 4.98 Å². The summed E-state index contributed by atoms with van der Waals surface area (Å²) in [5.41, 5.74) is 3.15. The molecule has 2 heterocycles. The minimum Gasteiger partial charge on any atom is -0.327 e. The van der Waals surface area contributed by atoms with Crippen molar-refractivity contribution < 1.29 is 4.79 Å². The van der Waals surface area contributed by atoms with Crippen LogP contribution in [0.1, 0.15) is 10.4 Å². The zero-order valence-corrected chi connectivity index (χ0v) is 14.9. The minimum absolute atomic E-state index is 0.0704. The van der Waals surface area contributed by atoms with Gasteiger partial charge in [-0.3, -0.25) is 4.79 Å². The number of anilines is 5. The van der Waals surface area contributed by atoms with Crippen LogP contribution >= 0.6 is 0 Å². The number of hydrogen-bond acceptors (Lipinski definition) is 5. The Morgan fingerprint density at radius 3 is 2.35 bits per heavy atom. The zero-order valence-electron chi connectivity index (χ0n) is 14.9. The molecule has 0 bridgehead atoms. The van der Waals surface area contributed by atoms with Gasteiger partial charge >= 0.3 is 0 Å². The van der Waals surface area contributed by atoms with E-state index >= 15 is 0 Å². The molecule has 1 amide bonds. The molecule has 0 spiro atoms. The number of para-hydroxylation sites is 2. The Bertz CT molecular complexity index is 973. The summed E-state index contributed by atoms with van der Waals surface area (Å²) in [5, 5.41) is 0. The summed E-state index contributed by atoms with van der Waals surface area (Å²) < 4.78 is 0. The zero-order chi connectivity index (χ0) is 18.3. The van der Waals surface area contributed by atoms with E-state index in [-0.39, 0.29) is 5.91 Å². The van der Waals surface area contributed by atoms with Crippen LogP contribution in [-0.4, -0.2) is 37.0 Å². The summed E-state index contributed by atoms with van der Waals surface area (Å²) in [7, 11) is 5.60. The van der Waals surface area contributed by atoms with Crippen LogP contribution in [0.15, 0.2) is 60.8 Å². The van der Waals surface area contributed by atoms with Crippen LogP contribution in [0.3, 0.4) is 0 Å². The van der Waals surface area contributed by atoms with E-state index in [1.165, 1.54) is 0 Å². The third kappa shape index (κ3) is 2.47. The standard InChI is InChI=1S/C20H19N5O/c1-23(14-9-5-4-6-10-14)20-21-13-17-18(22-20)24(2)16-12-8-7-11-15(16)19(26)25(17)3/h4-13H,1-3H3. The fourth-order valence-electron chi connectivity index (χ4n) is 3.12. The predicted molar refractivity (Wildman–Crippen MR) is 104 cm³/mol. The second-order valence-corrected chi connectivity index (χ2v) is 6.21. The Hall–Kier alpha value is -3.41. The van der Waals surface area contributed by atoms with E-state index in [0.29, 0.717) is 23.0 Å². The van der Waals surface area contributed by atoms with Crippen molar-refractivity contribution in [1.29, 1.82) is 0 Å². The van der Waals surface area contributed by atoms with Crippen molar-refractivity contribution >= 4 is 34.7 Å². The first kappa shape index (κ1) is 16.1. The number of rotatable bonds is 2. The Labute approximate surface area is 152 Å². The lowest BCUT2D eigenvalue weighted by Gasteiger charge is -2.23. The quantitative estimate of drug-likeness (QED) is 0.710. The second kappa shape index (κ2) is 6.15. The highest BCUT2D eigenvalue weighted by molar-refractivity contribution is 6.13. The lowest BCUT2D eigenvalue weighted by Crippen LogP contribution is -2.26. The van der Waals surface area contributed by atoms with Gasteiger partial charge in [-0.2, -0.15) is 4.98 Å². The van der Waals surface area contributed by atoms with Crippen LogP contribution in [0.5, 0.6) is 0 Å². The molecule has 0 atom stereocenters. The van der Waals surface area contributed by atoms with E-state index in [2.05, 4.69) is 4.98 Å². The molecule has 0 saturated heterocycles. The minimum atomic E-state index is -0.0704. The van der Waals surface area contributed by atoms with Crippen LogP contribution in [0.2, 0.25) is 0 Å². The molecule has 1 aliphatic rings. The number of carbonyl (C=O) groups excluding carboxylic acids is 1. The van der Waals surface area contributed by atoms with Gasteiger partial charge in [0, 0.05) is 26.8 Å². The molecule has 0 unspecified atom stereocenters. The van der Waals surface area contributed by atoms with Crippen LogP contribution in [0.25, 0.3) is 0 Å². The Balaban J connectivity index is 1.84. The highest BCUT2D eigenvalue weighted by Crippen LogP contribution is 2.38. The van der Waals surface area contributed by atoms with Gasteiger partial charge in [-0.15, -0.1) is 0 Å². The summed E-state index contributed by atoms with van der Waals surface area (Å²) in [4.78, 5) is 27.5. The predicted octanol–water partition coefficient (Wildman–Crippen LogP) is 3.60. The van der Waals surface area contributed by atoms with Crippen molar-refractivity contribution in [2.75, 3.05) is 35.8 Å². The number of benzene rings is 2. The van der Waals surface area contributed by atoms with Crippen molar-refractivity contribution in [2.24, 2.45) is 0 Å². The van der Waals surface area contributed by atoms with Crippen LogP contribution in [0, 0.1) is 0 Å². The van der Waals surface area contributed by atoms with E-state index in [4.69, 9.17) is 4.98 Å². The Morgan fingerprint density at radius 1 is 0.885 bits per heavy atom. The third-order valence-electron chi connectivity index (χ3n) is 4.66. The third-order valence-corrected chi connectivity index (χ3v) is 4.66. The monoisotopic (exact) mass is 345 g/mol. The van der Waals surface area contributed by atoms with E-state index in [1.54, 1.807) is 18.1 Å². The number of fused-ring (bicyclic) bond motifs is 2. The van der Waals surface area contributed by atoms with E-state index in [0.717, 1.165) is 11.4 Å². The number of amides is 1. The lowest BCUT2D eigenvalue weighted by atomic mass is 10.1. The summed E-state index contributed by atoms with van der Waals surface area (Å²) in [5.74, 6) is 1.19. The summed E-state index contributed by atoms with van der Waals surface area (Å²) in [6.07, 6.45) is 1.71. The SMILES string of the molecule is CN1C(=O)c2ccccc2N(C)c2nc(N(C)c3ccccc3)ncc21. The van der Waals surface area contributed by atoms with Gasteiger partial charge in [-0.1, -0.05) is 30.3 Å². The molecule has 0 fully saturated rings. The molecule has 0 radical (unpaired) electrons. The highest BCUT2D eigenvalue weighted by atomic mass is 16.2. The Morgan fingerprint density at radius 2 is 1.58 bits per heavy atom. The molecular formula is C20H19N5O. The first-order chi connectivity index (χ1) is 12.6. The van der Waals surface area contributed by atoms with Crippen molar-refractivity contribution in [3.63, 3.8) is 0 Å². The Kier molecular flexibility index (Phi) is 3.80. The second-order valence-electron chi connectivity index (χ2n) is 6.21. The molecule has 6 heteroatoms. The highest BCUT2D eigenvalue weighted by Gasteiger charge is 2.29. The topological polar surface area (TPSA) is 52.6 Å². The van der Waals surface area contributed by atoms with Gasteiger partial charge in [0.15, 0.2) is 5.82 Å². The van der Waals surface area contributed by atoms with Crippen molar-refractivity contribution in [2.45, 2.75) is 0 Å². The molecule has 3 aromatic rings. The van der Waals surface area contributed by atoms with Gasteiger partial charge in [0.05, 0.1) is 17.4 Å². The van der Waals surface area contributed by atoms with Crippen molar-refractivity contribution in [3.05, 3.63) is 66.4 Å². The average molecular weight is 345 g/mol. The number of aromatic nitrogens is 2. The van der Waals surface area contributed by atoms with E-state index in [1.807, 2.05) is 78.5 Å². The molecule has 0 N–H and O–H groups in total. The number of hydrogen-bond donors (Lipinski definition) is 0. The normalized spacial score (nSPS) is 13.1. The first-order valence-corrected chi connectivity index (χ1v) is 8.34. The smallest absolute Gasteiger partial charge is 0.260 e. The largest absolute Gasteiger partial charge is 0.327 e. The van der Waals surface area contributed by atoms with Gasteiger partial charge in [0.25, 0.3) is 5.91 Å². The molecule has 26 heavy (non-hydrogen) atoms. The number of carbonyl (C=O) groups is 1. The van der Waals surface area contributed by atoms with Crippen LogP contribution in [0.4, 0.5) is 28.8 Å². The summed E-state index contributed by atoms with van der Waals surface area (Å²) >= 11 is 0. The molecule has 2 aromatic carbocycles. The molecule has 0 aliphatic carbocycles. The average Bonchev–Trinajstić information content (AvgIpc) is 2.78. The number of nitrogens with zero attached hydrogens (tertiary/aromatic N) is 5. The fraction of sp³-hybridized carbons (Fsp3) is 0.150. The van der Waals surface area contributed by atoms with E-state index in [9.17, 15) is 4.79 Å². The van der Waals surface area contributed by atoms with Crippen molar-refractivity contribution in [1.82, 2.24) is 9.97 Å². The maximum atomic E-state index is 12.8. The fourth-order valence-corrected chi connectivity index (χ4v) is 3.12. The summed E-state index contributed by atoms with van der Waals surface area (Å²) in [6.45, 7) is 0. The summed E-state index contributed by atoms with van der Waals surface area (Å²) in [6, 6.07) is 17.5. The van der Waals surface area contributed by atoms with Gasteiger partial charge < -0.3 is 14.7 Å². The maximum absolute atomic E-state index is 12.8.